The standard InChI is InChI=1S/C26H24O3/c1-18-15-25(29-17-19-7-5-4-6-8-19)24-16-22(28-3)13-14-23(24)26(18)20-9-11-21(27-2)12-10-20/h4-16H,17H2,1-3H3. The molecule has 0 aromatic heterocycles. The molecule has 0 saturated carbocycles. The molecule has 0 unspecified atom stereocenters. The van der Waals surface area contributed by atoms with E-state index in [1.54, 1.807) is 14.2 Å². The Kier molecular flexibility index (Phi) is 5.39. The first-order valence-electron chi connectivity index (χ1n) is 9.62. The van der Waals surface area contributed by atoms with Crippen molar-refractivity contribution in [3.8, 4) is 28.4 Å². The van der Waals surface area contributed by atoms with Crippen molar-refractivity contribution in [2.45, 2.75) is 13.5 Å². The van der Waals surface area contributed by atoms with E-state index < -0.39 is 0 Å². The number of hydrogen-bond acceptors (Lipinski definition) is 3. The van der Waals surface area contributed by atoms with Crippen LogP contribution in [0.4, 0.5) is 0 Å². The third-order valence-electron chi connectivity index (χ3n) is 5.12. The summed E-state index contributed by atoms with van der Waals surface area (Å²) in [6.45, 7) is 2.65. The van der Waals surface area contributed by atoms with Gasteiger partial charge in [0.2, 0.25) is 0 Å². The highest BCUT2D eigenvalue weighted by Crippen LogP contribution is 2.39. The van der Waals surface area contributed by atoms with Crippen LogP contribution in [0.5, 0.6) is 17.2 Å². The van der Waals surface area contributed by atoms with Gasteiger partial charge in [0.15, 0.2) is 0 Å². The Morgan fingerprint density at radius 3 is 2.07 bits per heavy atom. The van der Waals surface area contributed by atoms with Gasteiger partial charge in [-0.3, -0.25) is 0 Å². The molecule has 0 aliphatic carbocycles. The topological polar surface area (TPSA) is 27.7 Å². The Morgan fingerprint density at radius 1 is 0.690 bits per heavy atom. The normalized spacial score (nSPS) is 10.7. The highest BCUT2D eigenvalue weighted by atomic mass is 16.5. The Hall–Kier alpha value is -3.46. The van der Waals surface area contributed by atoms with E-state index in [0.717, 1.165) is 44.7 Å². The van der Waals surface area contributed by atoms with Crippen molar-refractivity contribution in [1.82, 2.24) is 0 Å². The molecule has 0 amide bonds. The summed E-state index contributed by atoms with van der Waals surface area (Å²) in [5.74, 6) is 2.52. The van der Waals surface area contributed by atoms with E-state index in [-0.39, 0.29) is 0 Å². The van der Waals surface area contributed by atoms with Gasteiger partial charge in [-0.05, 0) is 71.0 Å². The molecule has 29 heavy (non-hydrogen) atoms. The predicted molar refractivity (Wildman–Crippen MR) is 118 cm³/mol. The molecule has 0 atom stereocenters. The molecule has 4 aromatic rings. The lowest BCUT2D eigenvalue weighted by molar-refractivity contribution is 0.310. The van der Waals surface area contributed by atoms with Gasteiger partial charge >= 0.3 is 0 Å². The van der Waals surface area contributed by atoms with Crippen LogP contribution in [0.15, 0.2) is 78.9 Å². The van der Waals surface area contributed by atoms with Gasteiger partial charge < -0.3 is 14.2 Å². The van der Waals surface area contributed by atoms with E-state index in [4.69, 9.17) is 14.2 Å². The largest absolute Gasteiger partial charge is 0.497 e. The van der Waals surface area contributed by atoms with Gasteiger partial charge in [0.25, 0.3) is 0 Å². The smallest absolute Gasteiger partial charge is 0.128 e. The fourth-order valence-electron chi connectivity index (χ4n) is 3.63. The third kappa shape index (κ3) is 3.90. The molecule has 0 saturated heterocycles. The van der Waals surface area contributed by atoms with Gasteiger partial charge in [0.05, 0.1) is 14.2 Å². The lowest BCUT2D eigenvalue weighted by Crippen LogP contribution is -1.98. The van der Waals surface area contributed by atoms with E-state index in [0.29, 0.717) is 6.61 Å². The quantitative estimate of drug-likeness (QED) is 0.384. The summed E-state index contributed by atoms with van der Waals surface area (Å²) in [7, 11) is 3.37. The summed E-state index contributed by atoms with van der Waals surface area (Å²) in [6.07, 6.45) is 0. The Balaban J connectivity index is 1.82. The molecule has 0 heterocycles. The minimum absolute atomic E-state index is 0.522. The van der Waals surface area contributed by atoms with E-state index in [1.165, 1.54) is 5.56 Å². The van der Waals surface area contributed by atoms with Crippen molar-refractivity contribution >= 4 is 10.8 Å². The Bertz CT molecular complexity index is 1120. The van der Waals surface area contributed by atoms with Crippen molar-refractivity contribution in [3.05, 3.63) is 90.0 Å². The SMILES string of the molecule is COc1ccc(-c2c(C)cc(OCc3ccccc3)c3cc(OC)ccc23)cc1. The summed E-state index contributed by atoms with van der Waals surface area (Å²) < 4.78 is 17.0. The van der Waals surface area contributed by atoms with Crippen LogP contribution in [0, 0.1) is 6.92 Å². The highest BCUT2D eigenvalue weighted by Gasteiger charge is 2.14. The van der Waals surface area contributed by atoms with Crippen LogP contribution in [0.25, 0.3) is 21.9 Å². The van der Waals surface area contributed by atoms with Crippen molar-refractivity contribution < 1.29 is 14.2 Å². The van der Waals surface area contributed by atoms with Gasteiger partial charge in [-0.2, -0.15) is 0 Å². The molecule has 0 spiro atoms. The third-order valence-corrected chi connectivity index (χ3v) is 5.12. The van der Waals surface area contributed by atoms with E-state index in [9.17, 15) is 0 Å². The molecule has 0 aliphatic heterocycles. The van der Waals surface area contributed by atoms with E-state index in [1.807, 2.05) is 42.5 Å². The van der Waals surface area contributed by atoms with Crippen molar-refractivity contribution in [3.63, 3.8) is 0 Å². The van der Waals surface area contributed by atoms with Gasteiger partial charge in [-0.1, -0.05) is 42.5 Å². The summed E-state index contributed by atoms with van der Waals surface area (Å²) in [5.41, 5.74) is 4.64. The predicted octanol–water partition coefficient (Wildman–Crippen LogP) is 6.41. The molecule has 4 aromatic carbocycles. The van der Waals surface area contributed by atoms with Crippen LogP contribution in [0.3, 0.4) is 0 Å². The summed E-state index contributed by atoms with van der Waals surface area (Å²) >= 11 is 0. The minimum Gasteiger partial charge on any atom is -0.497 e. The lowest BCUT2D eigenvalue weighted by atomic mass is 9.93. The van der Waals surface area contributed by atoms with Crippen LogP contribution in [0.1, 0.15) is 11.1 Å². The van der Waals surface area contributed by atoms with Crippen LogP contribution >= 0.6 is 0 Å². The zero-order valence-corrected chi connectivity index (χ0v) is 16.9. The van der Waals surface area contributed by atoms with Crippen LogP contribution in [0.2, 0.25) is 0 Å². The molecule has 0 radical (unpaired) electrons. The molecule has 3 heteroatoms. The van der Waals surface area contributed by atoms with Gasteiger partial charge in [0, 0.05) is 5.39 Å². The zero-order valence-electron chi connectivity index (χ0n) is 16.9. The number of fused-ring (bicyclic) bond motifs is 1. The second kappa shape index (κ2) is 8.27. The first kappa shape index (κ1) is 18.9. The van der Waals surface area contributed by atoms with Crippen molar-refractivity contribution in [1.29, 1.82) is 0 Å². The molecule has 0 fully saturated rings. The lowest BCUT2D eigenvalue weighted by Gasteiger charge is -2.17. The number of rotatable bonds is 6. The van der Waals surface area contributed by atoms with Gasteiger partial charge in [0.1, 0.15) is 23.9 Å². The second-order valence-corrected chi connectivity index (χ2v) is 6.98. The van der Waals surface area contributed by atoms with Crippen LogP contribution in [-0.2, 0) is 6.61 Å². The molecule has 146 valence electrons. The van der Waals surface area contributed by atoms with E-state index in [2.05, 4.69) is 43.3 Å². The maximum atomic E-state index is 6.24. The zero-order chi connectivity index (χ0) is 20.2. The fourth-order valence-corrected chi connectivity index (χ4v) is 3.63. The number of ether oxygens (including phenoxy) is 3. The first-order chi connectivity index (χ1) is 14.2. The average molecular weight is 384 g/mol. The Morgan fingerprint density at radius 2 is 1.38 bits per heavy atom. The minimum atomic E-state index is 0.522. The maximum absolute atomic E-state index is 6.24. The summed E-state index contributed by atoms with van der Waals surface area (Å²) in [6, 6.07) is 26.6. The molecule has 4 rings (SSSR count). The number of methoxy groups -OCH3 is 2. The summed E-state index contributed by atoms with van der Waals surface area (Å²) in [5, 5.41) is 2.18. The molecule has 0 N–H and O–H groups in total. The number of benzene rings is 4. The highest BCUT2D eigenvalue weighted by molar-refractivity contribution is 6.02. The van der Waals surface area contributed by atoms with Gasteiger partial charge in [-0.15, -0.1) is 0 Å². The van der Waals surface area contributed by atoms with E-state index >= 15 is 0 Å². The molecular weight excluding hydrogens is 360 g/mol. The fraction of sp³-hybridized carbons (Fsp3) is 0.154. The maximum Gasteiger partial charge on any atom is 0.128 e. The average Bonchev–Trinajstić information content (AvgIpc) is 2.78. The summed E-state index contributed by atoms with van der Waals surface area (Å²) in [4.78, 5) is 0. The van der Waals surface area contributed by atoms with Crippen LogP contribution in [-0.4, -0.2) is 14.2 Å². The molecular formula is C26H24O3. The molecule has 0 aliphatic rings. The van der Waals surface area contributed by atoms with Gasteiger partial charge in [-0.25, -0.2) is 0 Å². The monoisotopic (exact) mass is 384 g/mol. The van der Waals surface area contributed by atoms with Crippen LogP contribution < -0.4 is 14.2 Å². The number of aryl methyl sites for hydroxylation is 1. The first-order valence-corrected chi connectivity index (χ1v) is 9.62. The molecule has 0 bridgehead atoms. The molecule has 3 nitrogen and oxygen atoms in total. The Labute approximate surface area is 171 Å². The second-order valence-electron chi connectivity index (χ2n) is 6.98. The van der Waals surface area contributed by atoms with Crippen molar-refractivity contribution in [2.24, 2.45) is 0 Å². The van der Waals surface area contributed by atoms with Crippen molar-refractivity contribution in [2.75, 3.05) is 14.2 Å². The number of hydrogen-bond donors (Lipinski definition) is 0.